The zero-order valence-corrected chi connectivity index (χ0v) is 21.2. The van der Waals surface area contributed by atoms with Crippen LogP contribution >= 0.6 is 0 Å². The SMILES string of the molecule is CC(C)n1nc2ncnc(N)c2c1-c1ccc2oc(N)nc2c1.Cc1c2c(N)ncnc2nn1C(C)C. The number of nitrogens with zero attached hydrogens (tertiary/aromatic N) is 9. The lowest BCUT2D eigenvalue weighted by Gasteiger charge is -2.11. The third-order valence-corrected chi connectivity index (χ3v) is 5.95. The van der Waals surface area contributed by atoms with Gasteiger partial charge < -0.3 is 21.6 Å². The fourth-order valence-corrected chi connectivity index (χ4v) is 4.31. The zero-order chi connectivity index (χ0) is 26.4. The van der Waals surface area contributed by atoms with E-state index in [-0.39, 0.29) is 12.1 Å². The summed E-state index contributed by atoms with van der Waals surface area (Å²) in [5, 5.41) is 10.5. The van der Waals surface area contributed by atoms with Crippen molar-refractivity contribution in [3.05, 3.63) is 36.5 Å². The van der Waals surface area contributed by atoms with Crippen molar-refractivity contribution in [2.45, 2.75) is 46.7 Å². The number of nitrogens with two attached hydrogens (primary N) is 3. The van der Waals surface area contributed by atoms with E-state index in [0.717, 1.165) is 27.7 Å². The summed E-state index contributed by atoms with van der Waals surface area (Å²) in [5.74, 6) is 0.899. The molecule has 6 aromatic rings. The molecule has 5 aromatic heterocycles. The molecular formula is C24H28N12O. The minimum atomic E-state index is 0.136. The van der Waals surface area contributed by atoms with Gasteiger partial charge in [0.05, 0.1) is 16.5 Å². The molecule has 0 spiro atoms. The van der Waals surface area contributed by atoms with Crippen molar-refractivity contribution in [3.8, 4) is 11.3 Å². The van der Waals surface area contributed by atoms with Crippen LogP contribution in [0.25, 0.3) is 44.4 Å². The maximum absolute atomic E-state index is 6.07. The molecule has 13 heteroatoms. The molecule has 0 atom stereocenters. The second-order valence-corrected chi connectivity index (χ2v) is 9.16. The highest BCUT2D eigenvalue weighted by Crippen LogP contribution is 2.34. The van der Waals surface area contributed by atoms with Crippen molar-refractivity contribution in [1.82, 2.24) is 44.5 Å². The molecule has 0 aliphatic rings. The Labute approximate surface area is 211 Å². The van der Waals surface area contributed by atoms with Crippen LogP contribution in [0, 0.1) is 6.92 Å². The van der Waals surface area contributed by atoms with Crippen molar-refractivity contribution in [1.29, 1.82) is 0 Å². The van der Waals surface area contributed by atoms with Gasteiger partial charge in [0, 0.05) is 23.3 Å². The molecule has 0 aliphatic heterocycles. The normalized spacial score (nSPS) is 11.6. The number of aromatic nitrogens is 9. The second-order valence-electron chi connectivity index (χ2n) is 9.16. The van der Waals surface area contributed by atoms with Crippen LogP contribution in [0.1, 0.15) is 45.5 Å². The lowest BCUT2D eigenvalue weighted by Crippen LogP contribution is -2.04. The Morgan fingerprint density at radius 3 is 2.00 bits per heavy atom. The summed E-state index contributed by atoms with van der Waals surface area (Å²) in [4.78, 5) is 20.5. The summed E-state index contributed by atoms with van der Waals surface area (Å²) in [6.07, 6.45) is 2.86. The highest BCUT2D eigenvalue weighted by Gasteiger charge is 2.20. The molecule has 1 aromatic carbocycles. The first-order valence-corrected chi connectivity index (χ1v) is 11.8. The van der Waals surface area contributed by atoms with E-state index in [9.17, 15) is 0 Å². The Hall–Kier alpha value is -4.81. The van der Waals surface area contributed by atoms with Gasteiger partial charge in [-0.05, 0) is 52.8 Å². The van der Waals surface area contributed by atoms with Crippen LogP contribution in [0.15, 0.2) is 35.3 Å². The molecule has 0 amide bonds. The van der Waals surface area contributed by atoms with E-state index in [1.165, 1.54) is 12.7 Å². The van der Waals surface area contributed by atoms with Crippen molar-refractivity contribution in [2.75, 3.05) is 17.2 Å². The number of rotatable bonds is 3. The van der Waals surface area contributed by atoms with Crippen LogP contribution in [-0.2, 0) is 0 Å². The maximum atomic E-state index is 6.07. The highest BCUT2D eigenvalue weighted by atomic mass is 16.4. The third-order valence-electron chi connectivity index (χ3n) is 5.95. The van der Waals surface area contributed by atoms with Gasteiger partial charge in [-0.3, -0.25) is 9.36 Å². The van der Waals surface area contributed by atoms with Crippen LogP contribution in [0.4, 0.5) is 17.7 Å². The molecule has 6 rings (SSSR count). The molecule has 0 unspecified atom stereocenters. The first-order valence-electron chi connectivity index (χ1n) is 11.8. The molecule has 0 bridgehead atoms. The number of fused-ring (bicyclic) bond motifs is 3. The minimum Gasteiger partial charge on any atom is -0.424 e. The number of anilines is 3. The van der Waals surface area contributed by atoms with Crippen LogP contribution < -0.4 is 17.2 Å². The van der Waals surface area contributed by atoms with E-state index >= 15 is 0 Å². The van der Waals surface area contributed by atoms with E-state index in [1.807, 2.05) is 48.3 Å². The summed E-state index contributed by atoms with van der Waals surface area (Å²) in [5.41, 5.74) is 22.8. The largest absolute Gasteiger partial charge is 0.424 e. The predicted octanol–water partition coefficient (Wildman–Crippen LogP) is 3.68. The Morgan fingerprint density at radius 1 is 0.784 bits per heavy atom. The zero-order valence-electron chi connectivity index (χ0n) is 21.2. The molecule has 0 saturated heterocycles. The standard InChI is InChI=1S/C15H15N7O.C9H13N5/c1-7(2)22-12(11-13(16)18-6-19-14(11)21-22)8-3-4-10-9(5-8)20-15(17)23-10;1-5(2)14-6(3)7-8(10)11-4-12-9(7)13-14/h3-7H,1-2H3,(H2,17,20)(H2,16,18,19,21);4-5H,1-3H3,(H2,10,11,12,13). The fourth-order valence-electron chi connectivity index (χ4n) is 4.31. The average molecular weight is 501 g/mol. The molecule has 0 saturated carbocycles. The van der Waals surface area contributed by atoms with Crippen molar-refractivity contribution in [2.24, 2.45) is 0 Å². The molecule has 5 heterocycles. The van der Waals surface area contributed by atoms with Gasteiger partial charge in [-0.15, -0.1) is 0 Å². The molecule has 13 nitrogen and oxygen atoms in total. The van der Waals surface area contributed by atoms with Crippen LogP contribution in [0.2, 0.25) is 0 Å². The van der Waals surface area contributed by atoms with Gasteiger partial charge >= 0.3 is 0 Å². The van der Waals surface area contributed by atoms with Gasteiger partial charge in [0.1, 0.15) is 29.8 Å². The van der Waals surface area contributed by atoms with Gasteiger partial charge in [0.25, 0.3) is 6.01 Å². The first kappa shape index (κ1) is 23.9. The van der Waals surface area contributed by atoms with Gasteiger partial charge in [-0.1, -0.05) is 0 Å². The molecular weight excluding hydrogens is 472 g/mol. The van der Waals surface area contributed by atoms with Crippen LogP contribution in [0.3, 0.4) is 0 Å². The summed E-state index contributed by atoms with van der Waals surface area (Å²) in [6, 6.07) is 6.24. The third kappa shape index (κ3) is 4.13. The van der Waals surface area contributed by atoms with Crippen molar-refractivity contribution >= 4 is 50.8 Å². The fraction of sp³-hybridized carbons (Fsp3) is 0.292. The van der Waals surface area contributed by atoms with E-state index in [4.69, 9.17) is 21.6 Å². The van der Waals surface area contributed by atoms with Crippen molar-refractivity contribution in [3.63, 3.8) is 0 Å². The van der Waals surface area contributed by atoms with Gasteiger partial charge in [-0.2, -0.15) is 15.2 Å². The number of benzene rings is 1. The Morgan fingerprint density at radius 2 is 1.38 bits per heavy atom. The molecule has 6 N–H and O–H groups in total. The molecule has 0 fully saturated rings. The van der Waals surface area contributed by atoms with E-state index in [2.05, 4.69) is 49.0 Å². The minimum absolute atomic E-state index is 0.136. The van der Waals surface area contributed by atoms with Gasteiger partial charge in [0.15, 0.2) is 16.9 Å². The molecule has 190 valence electrons. The first-order chi connectivity index (χ1) is 17.7. The Kier molecular flexibility index (Phi) is 5.82. The Bertz CT molecular complexity index is 1740. The summed E-state index contributed by atoms with van der Waals surface area (Å²) in [6.45, 7) is 10.2. The lowest BCUT2D eigenvalue weighted by molar-refractivity contribution is 0.523. The van der Waals surface area contributed by atoms with Gasteiger partial charge in [0.2, 0.25) is 0 Å². The van der Waals surface area contributed by atoms with Crippen molar-refractivity contribution < 1.29 is 4.42 Å². The summed E-state index contributed by atoms with van der Waals surface area (Å²) < 4.78 is 9.13. The van der Waals surface area contributed by atoms with Crippen LogP contribution in [-0.4, -0.2) is 44.5 Å². The number of hydrogen-bond acceptors (Lipinski definition) is 11. The predicted molar refractivity (Wildman–Crippen MR) is 142 cm³/mol. The molecule has 37 heavy (non-hydrogen) atoms. The molecule has 0 radical (unpaired) electrons. The smallest absolute Gasteiger partial charge is 0.292 e. The topological polar surface area (TPSA) is 191 Å². The summed E-state index contributed by atoms with van der Waals surface area (Å²) in [7, 11) is 0. The number of nitrogen functional groups attached to an aromatic ring is 3. The molecule has 0 aliphatic carbocycles. The Balaban J connectivity index is 0.000000171. The number of oxazole rings is 1. The highest BCUT2D eigenvalue weighted by molar-refractivity contribution is 5.99. The average Bonchev–Trinajstić information content (AvgIpc) is 3.52. The van der Waals surface area contributed by atoms with Crippen LogP contribution in [0.5, 0.6) is 0 Å². The second kappa shape index (κ2) is 9.00. The maximum Gasteiger partial charge on any atom is 0.292 e. The van der Waals surface area contributed by atoms with E-state index < -0.39 is 0 Å². The van der Waals surface area contributed by atoms with Gasteiger partial charge in [-0.25, -0.2) is 19.9 Å². The monoisotopic (exact) mass is 500 g/mol. The number of hydrogen-bond donors (Lipinski definition) is 3. The van der Waals surface area contributed by atoms with E-state index in [0.29, 0.717) is 40.1 Å². The lowest BCUT2D eigenvalue weighted by atomic mass is 10.1. The number of aryl methyl sites for hydroxylation is 1. The van der Waals surface area contributed by atoms with E-state index in [1.54, 1.807) is 0 Å². The summed E-state index contributed by atoms with van der Waals surface area (Å²) >= 11 is 0. The quantitative estimate of drug-likeness (QED) is 0.321.